The van der Waals surface area contributed by atoms with Gasteiger partial charge in [0, 0.05) is 11.1 Å². The molecule has 2 aromatic carbocycles. The van der Waals surface area contributed by atoms with Crippen molar-refractivity contribution in [2.24, 2.45) is 0 Å². The third kappa shape index (κ3) is 3.29. The number of nitrogens with zero attached hydrogens (tertiary/aromatic N) is 1. The van der Waals surface area contributed by atoms with Crippen LogP contribution >= 0.6 is 11.3 Å². The second-order valence-corrected chi connectivity index (χ2v) is 7.91. The molecular weight excluding hydrogens is 386 g/mol. The maximum absolute atomic E-state index is 13.1. The summed E-state index contributed by atoms with van der Waals surface area (Å²) >= 11 is 1.47. The van der Waals surface area contributed by atoms with E-state index < -0.39 is 0 Å². The summed E-state index contributed by atoms with van der Waals surface area (Å²) in [6.45, 7) is 1.00. The van der Waals surface area contributed by atoms with E-state index in [0.717, 1.165) is 38.7 Å². The number of allylic oxidation sites excluding steroid dienone is 1. The Balaban J connectivity index is 1.49. The van der Waals surface area contributed by atoms with Crippen molar-refractivity contribution < 1.29 is 19.0 Å². The van der Waals surface area contributed by atoms with Gasteiger partial charge in [0.05, 0.1) is 17.7 Å². The predicted molar refractivity (Wildman–Crippen MR) is 112 cm³/mol. The van der Waals surface area contributed by atoms with Crippen LogP contribution in [0, 0.1) is 0 Å². The van der Waals surface area contributed by atoms with Crippen molar-refractivity contribution in [3.8, 4) is 27.8 Å². The largest absolute Gasteiger partial charge is 0.493 e. The van der Waals surface area contributed by atoms with Gasteiger partial charge in [-0.05, 0) is 36.6 Å². The van der Waals surface area contributed by atoms with Crippen LogP contribution < -0.4 is 14.2 Å². The Labute approximate surface area is 172 Å². The van der Waals surface area contributed by atoms with Gasteiger partial charge in [-0.25, -0.2) is 4.98 Å². The number of aromatic nitrogens is 1. The molecule has 0 atom stereocenters. The number of carbonyl (C=O) groups excluding carboxylic acids is 1. The van der Waals surface area contributed by atoms with Crippen molar-refractivity contribution >= 4 is 23.2 Å². The Kier molecular flexibility index (Phi) is 4.56. The molecule has 0 saturated carbocycles. The summed E-state index contributed by atoms with van der Waals surface area (Å²) in [5.74, 6) is 1.94. The number of fused-ring (bicyclic) bond motifs is 2. The van der Waals surface area contributed by atoms with E-state index in [0.29, 0.717) is 36.9 Å². The minimum atomic E-state index is 0.0554. The van der Waals surface area contributed by atoms with Crippen LogP contribution in [-0.4, -0.2) is 31.1 Å². The van der Waals surface area contributed by atoms with E-state index >= 15 is 0 Å². The molecule has 0 fully saturated rings. The predicted octanol–water partition coefficient (Wildman–Crippen LogP) is 4.80. The molecule has 1 aliphatic heterocycles. The number of rotatable bonds is 3. The number of ether oxygens (including phenoxy) is 3. The van der Waals surface area contributed by atoms with Gasteiger partial charge < -0.3 is 14.2 Å². The highest BCUT2D eigenvalue weighted by molar-refractivity contribution is 7.17. The third-order valence-electron chi connectivity index (χ3n) is 5.04. The average molecular weight is 405 g/mol. The summed E-state index contributed by atoms with van der Waals surface area (Å²) in [6, 6.07) is 13.8. The van der Waals surface area contributed by atoms with Crippen LogP contribution in [0.2, 0.25) is 0 Å². The number of benzene rings is 2. The fourth-order valence-electron chi connectivity index (χ4n) is 3.63. The lowest BCUT2D eigenvalue weighted by Crippen LogP contribution is -2.16. The van der Waals surface area contributed by atoms with Crippen LogP contribution in [0.4, 0.5) is 0 Å². The van der Waals surface area contributed by atoms with E-state index in [1.807, 2.05) is 48.5 Å². The lowest BCUT2D eigenvalue weighted by molar-refractivity contribution is 0.103. The average Bonchev–Trinajstić information content (AvgIpc) is 3.21. The Morgan fingerprint density at radius 3 is 2.76 bits per heavy atom. The van der Waals surface area contributed by atoms with Crippen molar-refractivity contribution in [2.45, 2.75) is 12.8 Å². The van der Waals surface area contributed by atoms with Gasteiger partial charge in [0.25, 0.3) is 0 Å². The second-order valence-electron chi connectivity index (χ2n) is 6.91. The number of thiazole rings is 1. The van der Waals surface area contributed by atoms with E-state index in [-0.39, 0.29) is 5.78 Å². The molecule has 0 radical (unpaired) electrons. The van der Waals surface area contributed by atoms with E-state index in [1.165, 1.54) is 11.3 Å². The van der Waals surface area contributed by atoms with Gasteiger partial charge in [-0.2, -0.15) is 0 Å². The van der Waals surface area contributed by atoms with Crippen LogP contribution in [0.3, 0.4) is 0 Å². The molecule has 2 heterocycles. The molecule has 0 N–H and O–H groups in total. The maximum atomic E-state index is 13.1. The summed E-state index contributed by atoms with van der Waals surface area (Å²) in [7, 11) is 1.60. The number of ketones is 1. The first-order valence-corrected chi connectivity index (χ1v) is 10.3. The van der Waals surface area contributed by atoms with Crippen LogP contribution in [0.5, 0.6) is 17.2 Å². The molecule has 0 bridgehead atoms. The molecule has 29 heavy (non-hydrogen) atoms. The first kappa shape index (κ1) is 17.9. The van der Waals surface area contributed by atoms with E-state index in [2.05, 4.69) is 0 Å². The first-order chi connectivity index (χ1) is 14.2. The maximum Gasteiger partial charge on any atom is 0.203 e. The van der Waals surface area contributed by atoms with Gasteiger partial charge >= 0.3 is 0 Å². The van der Waals surface area contributed by atoms with Gasteiger partial charge in [0.15, 0.2) is 11.5 Å². The zero-order chi connectivity index (χ0) is 19.8. The Bertz CT molecular complexity index is 1100. The lowest BCUT2D eigenvalue weighted by Gasteiger charge is -2.21. The molecule has 0 unspecified atom stereocenters. The van der Waals surface area contributed by atoms with Crippen LogP contribution in [0.15, 0.2) is 48.0 Å². The lowest BCUT2D eigenvalue weighted by atomic mass is 9.94. The third-order valence-corrected chi connectivity index (χ3v) is 6.18. The van der Waals surface area contributed by atoms with Crippen LogP contribution in [0.25, 0.3) is 16.6 Å². The number of hydrogen-bond acceptors (Lipinski definition) is 6. The molecule has 3 aromatic rings. The fraction of sp³-hybridized carbons (Fsp3) is 0.217. The highest BCUT2D eigenvalue weighted by atomic mass is 32.1. The van der Waals surface area contributed by atoms with Crippen LogP contribution in [0.1, 0.15) is 27.3 Å². The minimum Gasteiger partial charge on any atom is -0.493 e. The van der Waals surface area contributed by atoms with Gasteiger partial charge in [0.2, 0.25) is 11.5 Å². The number of methoxy groups -OCH3 is 1. The molecule has 5 rings (SSSR count). The summed E-state index contributed by atoms with van der Waals surface area (Å²) in [4.78, 5) is 18.6. The summed E-state index contributed by atoms with van der Waals surface area (Å²) in [5.41, 5.74) is 3.59. The Morgan fingerprint density at radius 2 is 1.93 bits per heavy atom. The van der Waals surface area contributed by atoms with Crippen LogP contribution in [-0.2, 0) is 6.42 Å². The smallest absolute Gasteiger partial charge is 0.203 e. The number of carbonyl (C=O) groups is 1. The van der Waals surface area contributed by atoms with E-state index in [9.17, 15) is 4.79 Å². The zero-order valence-corrected chi connectivity index (χ0v) is 16.8. The molecule has 5 nitrogen and oxygen atoms in total. The van der Waals surface area contributed by atoms with Gasteiger partial charge in [-0.3, -0.25) is 4.79 Å². The van der Waals surface area contributed by atoms with Crippen molar-refractivity contribution in [1.82, 2.24) is 4.98 Å². The van der Waals surface area contributed by atoms with Crippen molar-refractivity contribution in [3.05, 3.63) is 64.2 Å². The Morgan fingerprint density at radius 1 is 1.10 bits per heavy atom. The standard InChI is InChI=1S/C23H19NO4S/c1-26-18-12-14(13-19-21(18)28-10-9-27-19)11-16-7-8-17-22(20(16)25)29-23(24-17)15-5-3-2-4-6-15/h2-6,11-13H,7-10H2,1H3/b16-11+. The van der Waals surface area contributed by atoms with Crippen molar-refractivity contribution in [3.63, 3.8) is 0 Å². The SMILES string of the molecule is COc1cc(/C=C2\CCc3nc(-c4ccccc4)sc3C2=O)cc2c1OCCO2. The summed E-state index contributed by atoms with van der Waals surface area (Å²) < 4.78 is 16.8. The fourth-order valence-corrected chi connectivity index (χ4v) is 4.72. The Hall–Kier alpha value is -3.12. The minimum absolute atomic E-state index is 0.0554. The highest BCUT2D eigenvalue weighted by Crippen LogP contribution is 2.41. The molecule has 1 aromatic heterocycles. The highest BCUT2D eigenvalue weighted by Gasteiger charge is 2.27. The molecule has 0 saturated heterocycles. The normalized spacial score (nSPS) is 16.6. The quantitative estimate of drug-likeness (QED) is 0.586. The molecular formula is C23H19NO4S. The first-order valence-electron chi connectivity index (χ1n) is 9.51. The van der Waals surface area contributed by atoms with Gasteiger partial charge in [0.1, 0.15) is 18.2 Å². The molecule has 146 valence electrons. The molecule has 0 amide bonds. The van der Waals surface area contributed by atoms with E-state index in [4.69, 9.17) is 19.2 Å². The monoisotopic (exact) mass is 405 g/mol. The number of hydrogen-bond donors (Lipinski definition) is 0. The molecule has 1 aliphatic carbocycles. The zero-order valence-electron chi connectivity index (χ0n) is 15.9. The van der Waals surface area contributed by atoms with E-state index in [1.54, 1.807) is 7.11 Å². The van der Waals surface area contributed by atoms with Gasteiger partial charge in [-0.1, -0.05) is 30.3 Å². The molecule has 6 heteroatoms. The molecule has 0 spiro atoms. The number of Topliss-reactive ketones (excluding diaryl/α,β-unsaturated/α-hetero) is 1. The van der Waals surface area contributed by atoms with Gasteiger partial charge in [-0.15, -0.1) is 11.3 Å². The molecule has 2 aliphatic rings. The second kappa shape index (κ2) is 7.37. The van der Waals surface area contributed by atoms with Crippen molar-refractivity contribution in [1.29, 1.82) is 0 Å². The number of aryl methyl sites for hydroxylation is 1. The summed E-state index contributed by atoms with van der Waals surface area (Å²) in [5, 5.41) is 0.895. The topological polar surface area (TPSA) is 57.7 Å². The summed E-state index contributed by atoms with van der Waals surface area (Å²) in [6.07, 6.45) is 3.35. The van der Waals surface area contributed by atoms with Crippen molar-refractivity contribution in [2.75, 3.05) is 20.3 Å².